The van der Waals surface area contributed by atoms with Gasteiger partial charge in [0.25, 0.3) is 0 Å². The smallest absolute Gasteiger partial charge is 0.0935 e. The standard InChI is InChI=1S/C19H23NO/c1-16-6-5-9-19(14-16)18-10-12-20(13-11-18)21-15-17-7-3-2-4-8-17/h2-9,14,18H,10-13,15H2,1H3. The van der Waals surface area contributed by atoms with Gasteiger partial charge in [-0.1, -0.05) is 60.2 Å². The van der Waals surface area contributed by atoms with Gasteiger partial charge in [-0.15, -0.1) is 0 Å². The van der Waals surface area contributed by atoms with Crippen molar-refractivity contribution in [2.24, 2.45) is 0 Å². The van der Waals surface area contributed by atoms with Crippen LogP contribution in [0, 0.1) is 6.92 Å². The Bertz CT molecular complexity index is 559. The highest BCUT2D eigenvalue weighted by molar-refractivity contribution is 5.25. The maximum absolute atomic E-state index is 5.91. The summed E-state index contributed by atoms with van der Waals surface area (Å²) in [6.07, 6.45) is 2.36. The van der Waals surface area contributed by atoms with Crippen molar-refractivity contribution in [2.45, 2.75) is 32.3 Å². The van der Waals surface area contributed by atoms with Crippen molar-refractivity contribution in [1.82, 2.24) is 5.06 Å². The summed E-state index contributed by atoms with van der Waals surface area (Å²) < 4.78 is 0. The van der Waals surface area contributed by atoms with E-state index in [0.29, 0.717) is 12.5 Å². The second kappa shape index (κ2) is 6.88. The third-order valence-electron chi connectivity index (χ3n) is 4.22. The summed E-state index contributed by atoms with van der Waals surface area (Å²) in [6.45, 7) is 4.88. The molecule has 2 nitrogen and oxygen atoms in total. The predicted octanol–water partition coefficient (Wildman–Crippen LogP) is 4.31. The van der Waals surface area contributed by atoms with Gasteiger partial charge in [-0.05, 0) is 36.8 Å². The number of benzene rings is 2. The number of aryl methyl sites for hydroxylation is 1. The lowest BCUT2D eigenvalue weighted by molar-refractivity contribution is -0.180. The van der Waals surface area contributed by atoms with Gasteiger partial charge < -0.3 is 0 Å². The van der Waals surface area contributed by atoms with E-state index in [1.807, 2.05) is 6.07 Å². The average molecular weight is 281 g/mol. The highest BCUT2D eigenvalue weighted by atomic mass is 16.7. The molecular formula is C19H23NO. The summed E-state index contributed by atoms with van der Waals surface area (Å²) >= 11 is 0. The van der Waals surface area contributed by atoms with Crippen LogP contribution in [0.4, 0.5) is 0 Å². The van der Waals surface area contributed by atoms with Gasteiger partial charge in [-0.2, -0.15) is 5.06 Å². The van der Waals surface area contributed by atoms with Crippen LogP contribution in [0.15, 0.2) is 54.6 Å². The Morgan fingerprint density at radius 1 is 1.00 bits per heavy atom. The Kier molecular flexibility index (Phi) is 4.69. The highest BCUT2D eigenvalue weighted by Gasteiger charge is 2.21. The number of nitrogens with zero attached hydrogens (tertiary/aromatic N) is 1. The quantitative estimate of drug-likeness (QED) is 0.828. The van der Waals surface area contributed by atoms with Gasteiger partial charge in [0, 0.05) is 13.1 Å². The predicted molar refractivity (Wildman–Crippen MR) is 86.0 cm³/mol. The topological polar surface area (TPSA) is 12.5 Å². The van der Waals surface area contributed by atoms with Crippen molar-refractivity contribution < 1.29 is 4.84 Å². The van der Waals surface area contributed by atoms with Crippen LogP contribution < -0.4 is 0 Å². The fraction of sp³-hybridized carbons (Fsp3) is 0.368. The van der Waals surface area contributed by atoms with Crippen LogP contribution in [0.1, 0.15) is 35.4 Å². The molecule has 1 heterocycles. The van der Waals surface area contributed by atoms with E-state index in [1.165, 1.54) is 29.5 Å². The third kappa shape index (κ3) is 3.93. The Labute approximate surface area is 127 Å². The van der Waals surface area contributed by atoms with E-state index < -0.39 is 0 Å². The molecule has 1 aliphatic rings. The minimum absolute atomic E-state index is 0.677. The molecule has 3 rings (SSSR count). The lowest BCUT2D eigenvalue weighted by Gasteiger charge is -2.31. The third-order valence-corrected chi connectivity index (χ3v) is 4.22. The summed E-state index contributed by atoms with van der Waals surface area (Å²) in [4.78, 5) is 5.91. The molecule has 0 unspecified atom stereocenters. The van der Waals surface area contributed by atoms with Crippen molar-refractivity contribution in [3.8, 4) is 0 Å². The molecule has 21 heavy (non-hydrogen) atoms. The minimum atomic E-state index is 0.677. The van der Waals surface area contributed by atoms with E-state index in [2.05, 4.69) is 60.5 Å². The van der Waals surface area contributed by atoms with E-state index in [-0.39, 0.29) is 0 Å². The second-order valence-electron chi connectivity index (χ2n) is 5.88. The van der Waals surface area contributed by atoms with Crippen LogP contribution in [0.5, 0.6) is 0 Å². The first-order valence-electron chi connectivity index (χ1n) is 7.79. The normalized spacial score (nSPS) is 17.0. The summed E-state index contributed by atoms with van der Waals surface area (Å²) in [5, 5.41) is 2.12. The van der Waals surface area contributed by atoms with Crippen LogP contribution >= 0.6 is 0 Å². The SMILES string of the molecule is Cc1cccc(C2CCN(OCc3ccccc3)CC2)c1. The molecule has 0 amide bonds. The Morgan fingerprint density at radius 3 is 2.48 bits per heavy atom. The van der Waals surface area contributed by atoms with Crippen molar-refractivity contribution in [3.63, 3.8) is 0 Å². The monoisotopic (exact) mass is 281 g/mol. The summed E-state index contributed by atoms with van der Waals surface area (Å²) in [6, 6.07) is 19.3. The molecule has 0 aromatic heterocycles. The summed E-state index contributed by atoms with van der Waals surface area (Å²) in [5.41, 5.74) is 4.08. The zero-order valence-electron chi connectivity index (χ0n) is 12.7. The highest BCUT2D eigenvalue weighted by Crippen LogP contribution is 2.28. The van der Waals surface area contributed by atoms with Gasteiger partial charge >= 0.3 is 0 Å². The molecule has 2 aromatic rings. The first-order chi connectivity index (χ1) is 10.3. The van der Waals surface area contributed by atoms with Gasteiger partial charge in [0.15, 0.2) is 0 Å². The molecule has 0 bridgehead atoms. The van der Waals surface area contributed by atoms with Crippen molar-refractivity contribution in [1.29, 1.82) is 0 Å². The van der Waals surface area contributed by atoms with Gasteiger partial charge in [0.1, 0.15) is 0 Å². The van der Waals surface area contributed by atoms with Crippen LogP contribution in [0.3, 0.4) is 0 Å². The van der Waals surface area contributed by atoms with E-state index in [4.69, 9.17) is 4.84 Å². The molecule has 0 saturated carbocycles. The lowest BCUT2D eigenvalue weighted by Crippen LogP contribution is -2.32. The molecular weight excluding hydrogens is 258 g/mol. The summed E-state index contributed by atoms with van der Waals surface area (Å²) in [7, 11) is 0. The zero-order chi connectivity index (χ0) is 14.5. The Hall–Kier alpha value is -1.64. The Balaban J connectivity index is 1.49. The van der Waals surface area contributed by atoms with Crippen LogP contribution in [-0.4, -0.2) is 18.2 Å². The van der Waals surface area contributed by atoms with E-state index in [1.54, 1.807) is 0 Å². The van der Waals surface area contributed by atoms with Crippen molar-refractivity contribution >= 4 is 0 Å². The van der Waals surface area contributed by atoms with E-state index >= 15 is 0 Å². The van der Waals surface area contributed by atoms with Gasteiger partial charge in [-0.25, -0.2) is 0 Å². The molecule has 0 spiro atoms. The number of hydrogen-bond donors (Lipinski definition) is 0. The first kappa shape index (κ1) is 14.3. The molecule has 0 radical (unpaired) electrons. The molecule has 110 valence electrons. The largest absolute Gasteiger partial charge is 0.294 e. The summed E-state index contributed by atoms with van der Waals surface area (Å²) in [5.74, 6) is 0.682. The van der Waals surface area contributed by atoms with Crippen molar-refractivity contribution in [3.05, 3.63) is 71.3 Å². The molecule has 0 N–H and O–H groups in total. The molecule has 2 heteroatoms. The van der Waals surface area contributed by atoms with Gasteiger partial charge in [0.2, 0.25) is 0 Å². The fourth-order valence-corrected chi connectivity index (χ4v) is 2.98. The Morgan fingerprint density at radius 2 is 1.76 bits per heavy atom. The van der Waals surface area contributed by atoms with E-state index in [0.717, 1.165) is 13.1 Å². The van der Waals surface area contributed by atoms with Crippen LogP contribution in [0.2, 0.25) is 0 Å². The molecule has 0 atom stereocenters. The second-order valence-corrected chi connectivity index (χ2v) is 5.88. The van der Waals surface area contributed by atoms with Crippen molar-refractivity contribution in [2.75, 3.05) is 13.1 Å². The molecule has 1 fully saturated rings. The zero-order valence-corrected chi connectivity index (χ0v) is 12.7. The number of hydrogen-bond acceptors (Lipinski definition) is 2. The first-order valence-corrected chi connectivity index (χ1v) is 7.79. The lowest BCUT2D eigenvalue weighted by atomic mass is 9.89. The minimum Gasteiger partial charge on any atom is -0.294 e. The maximum atomic E-state index is 5.91. The average Bonchev–Trinajstić information content (AvgIpc) is 2.54. The fourth-order valence-electron chi connectivity index (χ4n) is 2.98. The van der Waals surface area contributed by atoms with Gasteiger partial charge in [-0.3, -0.25) is 4.84 Å². The molecule has 1 aliphatic heterocycles. The number of hydroxylamine groups is 2. The number of rotatable bonds is 4. The van der Waals surface area contributed by atoms with Crippen LogP contribution in [-0.2, 0) is 11.4 Å². The van der Waals surface area contributed by atoms with E-state index in [9.17, 15) is 0 Å². The molecule has 1 saturated heterocycles. The maximum Gasteiger partial charge on any atom is 0.0935 e. The molecule has 2 aromatic carbocycles. The molecule has 0 aliphatic carbocycles. The van der Waals surface area contributed by atoms with Crippen LogP contribution in [0.25, 0.3) is 0 Å². The van der Waals surface area contributed by atoms with Gasteiger partial charge in [0.05, 0.1) is 6.61 Å². The number of piperidine rings is 1.